The molecule has 260 valence electrons. The first kappa shape index (κ1) is 39.5. The number of hydrogen-bond donors (Lipinski definition) is 0. The molecule has 2 nitrogen and oxygen atoms in total. The molecule has 0 spiro atoms. The molecular formula is C46H56N2Ni. The zero-order valence-electron chi connectivity index (χ0n) is 30.7. The summed E-state index contributed by atoms with van der Waals surface area (Å²) in [4.78, 5) is 3.35. The van der Waals surface area contributed by atoms with Gasteiger partial charge in [0.25, 0.3) is 0 Å². The van der Waals surface area contributed by atoms with Gasteiger partial charge in [0.15, 0.2) is 0 Å². The van der Waals surface area contributed by atoms with Crippen molar-refractivity contribution in [3.8, 4) is 0 Å². The van der Waals surface area contributed by atoms with Crippen LogP contribution in [0.1, 0.15) is 119 Å². The predicted octanol–water partition coefficient (Wildman–Crippen LogP) is 11.8. The summed E-state index contributed by atoms with van der Waals surface area (Å²) in [6.07, 6.45) is 15.1. The number of rotatable bonds is 16. The van der Waals surface area contributed by atoms with Crippen LogP contribution in [0.2, 0.25) is 0 Å². The van der Waals surface area contributed by atoms with Gasteiger partial charge in [0.1, 0.15) is 0 Å². The van der Waals surface area contributed by atoms with E-state index in [2.05, 4.69) is 161 Å². The molecule has 0 atom stereocenters. The summed E-state index contributed by atoms with van der Waals surface area (Å²) >= 11 is 1.61. The van der Waals surface area contributed by atoms with Gasteiger partial charge in [-0.3, -0.25) is 0 Å². The Morgan fingerprint density at radius 1 is 0.653 bits per heavy atom. The SMILES string of the molecule is CCC=Cc1ccc(C(=C(CCCC)C(=C=[N+]=[N-])CCCC)c2ccc(CCCC)cc2)cc1.Cc1cc[c]([Ni][c]2ccc(C)cc2)cc1. The zero-order chi connectivity index (χ0) is 35.3. The van der Waals surface area contributed by atoms with E-state index in [1.54, 1.807) is 14.4 Å². The first-order valence-corrected chi connectivity index (χ1v) is 19.2. The van der Waals surface area contributed by atoms with Crippen LogP contribution in [-0.2, 0) is 20.9 Å². The van der Waals surface area contributed by atoms with E-state index in [1.165, 1.54) is 66.4 Å². The van der Waals surface area contributed by atoms with Crippen LogP contribution in [0.5, 0.6) is 0 Å². The summed E-state index contributed by atoms with van der Waals surface area (Å²) in [5.41, 5.74) is 20.6. The Morgan fingerprint density at radius 3 is 1.65 bits per heavy atom. The van der Waals surface area contributed by atoms with Crippen molar-refractivity contribution in [3.63, 3.8) is 0 Å². The predicted molar refractivity (Wildman–Crippen MR) is 210 cm³/mol. The zero-order valence-corrected chi connectivity index (χ0v) is 31.7. The molecule has 0 saturated carbocycles. The molecule has 0 aromatic heterocycles. The van der Waals surface area contributed by atoms with Gasteiger partial charge < -0.3 is 5.53 Å². The van der Waals surface area contributed by atoms with Crippen molar-refractivity contribution in [2.24, 2.45) is 0 Å². The molecule has 4 rings (SSSR count). The van der Waals surface area contributed by atoms with Gasteiger partial charge in [0.2, 0.25) is 0 Å². The van der Waals surface area contributed by atoms with Crippen molar-refractivity contribution in [2.45, 2.75) is 106 Å². The monoisotopic (exact) mass is 694 g/mol. The Balaban J connectivity index is 0.000000357. The van der Waals surface area contributed by atoms with E-state index in [0.717, 1.165) is 56.9 Å². The molecule has 0 unspecified atom stereocenters. The average molecular weight is 696 g/mol. The summed E-state index contributed by atoms with van der Waals surface area (Å²) in [7, 11) is 0. The number of allylic oxidation sites excluding steroid dienone is 3. The van der Waals surface area contributed by atoms with Gasteiger partial charge in [-0.15, -0.1) is 4.79 Å². The molecule has 49 heavy (non-hydrogen) atoms. The van der Waals surface area contributed by atoms with Gasteiger partial charge in [-0.05, 0) is 78.3 Å². The third-order valence-corrected chi connectivity index (χ3v) is 9.61. The molecule has 4 aromatic rings. The number of hydrogen-bond acceptors (Lipinski definition) is 0. The Morgan fingerprint density at radius 2 is 1.16 bits per heavy atom. The maximum atomic E-state index is 9.43. The normalized spacial score (nSPS) is 11.4. The second kappa shape index (κ2) is 22.6. The fourth-order valence-electron chi connectivity index (χ4n) is 5.47. The quantitative estimate of drug-likeness (QED) is 0.0368. The molecule has 4 aromatic carbocycles. The summed E-state index contributed by atoms with van der Waals surface area (Å²) in [6.45, 7) is 13.0. The first-order valence-electron chi connectivity index (χ1n) is 18.2. The van der Waals surface area contributed by atoms with Crippen molar-refractivity contribution in [1.29, 1.82) is 0 Å². The van der Waals surface area contributed by atoms with E-state index in [9.17, 15) is 5.53 Å². The summed E-state index contributed by atoms with van der Waals surface area (Å²) in [5.74, 6) is 2.95. The fraction of sp³-hybridized carbons (Fsp3) is 0.348. The Kier molecular flexibility index (Phi) is 18.2. The van der Waals surface area contributed by atoms with Crippen molar-refractivity contribution < 1.29 is 19.2 Å². The van der Waals surface area contributed by atoms with Crippen LogP contribution in [-0.4, -0.2) is 10.7 Å². The number of unbranched alkanes of at least 4 members (excludes halogenated alkanes) is 3. The second-order valence-corrected chi connectivity index (χ2v) is 14.0. The third kappa shape index (κ3) is 13.8. The molecule has 0 aliphatic heterocycles. The van der Waals surface area contributed by atoms with E-state index in [4.69, 9.17) is 0 Å². The number of nitrogens with zero attached hydrogens (tertiary/aromatic N) is 2. The van der Waals surface area contributed by atoms with Crippen LogP contribution in [0.25, 0.3) is 17.2 Å². The van der Waals surface area contributed by atoms with E-state index in [0.29, 0.717) is 0 Å². The summed E-state index contributed by atoms with van der Waals surface area (Å²) < 4.78 is 2.63. The molecule has 0 aliphatic carbocycles. The summed E-state index contributed by atoms with van der Waals surface area (Å²) in [6, 6.07) is 35.3. The third-order valence-electron chi connectivity index (χ3n) is 8.38. The van der Waals surface area contributed by atoms with E-state index in [1.807, 2.05) is 0 Å². The standard InChI is InChI=1S/C32H42N2.2C7H7.Ni/c1-5-9-13-26-17-21-28(22-18-26)32(29-23-19-27(20-24-29)14-10-6-2)31(16-12-8-4)30(25-34-33)15-11-7-3;2*1-7-5-3-2-4-6-7;/h9,13,17-24H,5-8,10-12,14-16H2,1-4H3;2*3-6H,1H3;. The number of benzene rings is 4. The van der Waals surface area contributed by atoms with Crippen LogP contribution in [0.4, 0.5) is 0 Å². The molecular weight excluding hydrogens is 639 g/mol. The maximum absolute atomic E-state index is 9.43. The van der Waals surface area contributed by atoms with Gasteiger partial charge >= 0.3 is 103 Å². The van der Waals surface area contributed by atoms with Crippen molar-refractivity contribution in [1.82, 2.24) is 0 Å². The minimum atomic E-state index is 0.870. The molecule has 0 bridgehead atoms. The van der Waals surface area contributed by atoms with Crippen LogP contribution >= 0.6 is 0 Å². The van der Waals surface area contributed by atoms with Crippen LogP contribution in [0, 0.1) is 13.8 Å². The van der Waals surface area contributed by atoms with Crippen molar-refractivity contribution in [3.05, 3.63) is 153 Å². The first-order chi connectivity index (χ1) is 23.9. The van der Waals surface area contributed by atoms with E-state index >= 15 is 0 Å². The van der Waals surface area contributed by atoms with Gasteiger partial charge in [0.05, 0.1) is 5.57 Å². The van der Waals surface area contributed by atoms with E-state index < -0.39 is 0 Å². The Hall–Kier alpha value is -3.99. The van der Waals surface area contributed by atoms with E-state index in [-0.39, 0.29) is 0 Å². The molecule has 0 saturated heterocycles. The number of aryl methyl sites for hydroxylation is 3. The molecule has 0 amide bonds. The van der Waals surface area contributed by atoms with Gasteiger partial charge in [-0.25, -0.2) is 0 Å². The van der Waals surface area contributed by atoms with Crippen LogP contribution in [0.3, 0.4) is 0 Å². The molecule has 0 N–H and O–H groups in total. The fourth-order valence-corrected chi connectivity index (χ4v) is 6.46. The molecule has 0 radical (unpaired) electrons. The molecule has 0 heterocycles. The Labute approximate surface area is 303 Å². The van der Waals surface area contributed by atoms with Crippen LogP contribution in [0.15, 0.2) is 114 Å². The molecule has 0 fully saturated rings. The van der Waals surface area contributed by atoms with Gasteiger partial charge in [0, 0.05) is 0 Å². The summed E-state index contributed by atoms with van der Waals surface area (Å²) in [5, 5.41) is 0. The van der Waals surface area contributed by atoms with Crippen LogP contribution < -0.4 is 9.07 Å². The minimum absolute atomic E-state index is 0.870. The van der Waals surface area contributed by atoms with Crippen molar-refractivity contribution in [2.75, 3.05) is 0 Å². The topological polar surface area (TPSA) is 36.4 Å². The Bertz CT molecular complexity index is 1640. The van der Waals surface area contributed by atoms with Gasteiger partial charge in [-0.2, -0.15) is 0 Å². The average Bonchev–Trinajstić information content (AvgIpc) is 3.13. The van der Waals surface area contributed by atoms with Crippen molar-refractivity contribution >= 4 is 26.6 Å². The molecule has 0 aliphatic rings. The second-order valence-electron chi connectivity index (χ2n) is 12.6. The molecule has 3 heteroatoms. The van der Waals surface area contributed by atoms with Gasteiger partial charge in [-0.1, -0.05) is 108 Å².